The highest BCUT2D eigenvalue weighted by Crippen LogP contribution is 2.31. The number of carbonyl (C=O) groups is 1. The number of rotatable bonds is 8. The van der Waals surface area contributed by atoms with Crippen molar-refractivity contribution in [3.05, 3.63) is 183 Å². The second kappa shape index (κ2) is 18.6. The van der Waals surface area contributed by atoms with Crippen molar-refractivity contribution in [1.29, 1.82) is 0 Å². The van der Waals surface area contributed by atoms with E-state index in [9.17, 15) is 57.5 Å². The molecular weight excluding hydrogens is 939 g/mol. The van der Waals surface area contributed by atoms with Crippen LogP contribution < -0.4 is 26.4 Å². The fraction of sp³-hybridized carbons (Fsp3) is 0.119. The van der Waals surface area contributed by atoms with Gasteiger partial charge in [-0.3, -0.25) is 4.79 Å². The average Bonchev–Trinajstić information content (AvgIpc) is 3.32. The Kier molecular flexibility index (Phi) is 13.7. The molecule has 0 fully saturated rings. The maximum Gasteiger partial charge on any atom is 0.227 e. The van der Waals surface area contributed by atoms with Crippen molar-refractivity contribution in [1.82, 2.24) is 4.98 Å². The second-order valence-electron chi connectivity index (χ2n) is 14.2. The lowest BCUT2D eigenvalue weighted by Gasteiger charge is -2.44. The van der Waals surface area contributed by atoms with Crippen LogP contribution in [0, 0.1) is 116 Å². The van der Waals surface area contributed by atoms with Gasteiger partial charge >= 0.3 is 0 Å². The van der Waals surface area contributed by atoms with Gasteiger partial charge in [0.2, 0.25) is 12.3 Å². The number of nitrogens with zero attached hydrogens (tertiary/aromatic N) is 2. The number of halogens is 20. The Balaban J connectivity index is 0.000000284. The first-order chi connectivity index (χ1) is 31.0. The first-order valence-corrected chi connectivity index (χ1v) is 18.4. The summed E-state index contributed by atoms with van der Waals surface area (Å²) >= 11 is 0. The van der Waals surface area contributed by atoms with Crippen LogP contribution in [0.2, 0.25) is 0 Å². The molecule has 0 saturated heterocycles. The van der Waals surface area contributed by atoms with E-state index in [0.717, 1.165) is 24.1 Å². The monoisotopic (exact) mass is 958 g/mol. The second-order valence-corrected chi connectivity index (χ2v) is 14.2. The molecule has 346 valence electrons. The molecule has 1 aromatic heterocycles. The summed E-state index contributed by atoms with van der Waals surface area (Å²) in [7, 11) is 0. The van der Waals surface area contributed by atoms with E-state index in [2.05, 4.69) is 11.1 Å². The van der Waals surface area contributed by atoms with Gasteiger partial charge in [-0.15, -0.1) is 21.9 Å². The zero-order valence-electron chi connectivity index (χ0n) is 32.2. The van der Waals surface area contributed by atoms with E-state index in [1.54, 1.807) is 6.20 Å². The Hall–Kier alpha value is -6.75. The van der Waals surface area contributed by atoms with Crippen molar-refractivity contribution in [3.8, 4) is 0 Å². The van der Waals surface area contributed by atoms with Crippen LogP contribution in [0.3, 0.4) is 0 Å². The van der Waals surface area contributed by atoms with Gasteiger partial charge in [-0.25, -0.2) is 92.8 Å². The predicted molar refractivity (Wildman–Crippen MR) is 191 cm³/mol. The molecule has 0 unspecified atom stereocenters. The lowest BCUT2D eigenvalue weighted by atomic mass is 9.12. The number of allylic oxidation sites excluding steroid dienone is 2. The van der Waals surface area contributed by atoms with Crippen molar-refractivity contribution >= 4 is 39.4 Å². The molecule has 0 spiro atoms. The van der Waals surface area contributed by atoms with Gasteiger partial charge in [0.1, 0.15) is 58.4 Å². The summed E-state index contributed by atoms with van der Waals surface area (Å²) in [5, 5.41) is 0. The van der Waals surface area contributed by atoms with Crippen molar-refractivity contribution in [2.24, 2.45) is 0 Å². The first kappa shape index (κ1) is 48.7. The number of Topliss-reactive ketones (excluding diaryl/α,β-unsaturated/α-hetero) is 1. The number of carbonyl (C=O) groups excluding carboxylic acids is 1. The third kappa shape index (κ3) is 7.92. The molecule has 1 aliphatic rings. The Bertz CT molecular complexity index is 2600. The van der Waals surface area contributed by atoms with Crippen LogP contribution in [0.4, 0.5) is 87.8 Å². The minimum atomic E-state index is -7.22. The molecule has 0 bridgehead atoms. The fourth-order valence-electron chi connectivity index (χ4n) is 7.52. The van der Waals surface area contributed by atoms with Crippen LogP contribution in [0.15, 0.2) is 55.0 Å². The van der Waals surface area contributed by atoms with Gasteiger partial charge in [0.05, 0.1) is 6.20 Å². The molecule has 5 aromatic carbocycles. The molecule has 66 heavy (non-hydrogen) atoms. The topological polar surface area (TPSA) is 33.8 Å². The molecular formula is C42H19BF20N2O. The van der Waals surface area contributed by atoms with Gasteiger partial charge in [0, 0.05) is 5.56 Å². The molecule has 3 nitrogen and oxygen atoms in total. The van der Waals surface area contributed by atoms with E-state index in [0.29, 0.717) is 6.54 Å². The van der Waals surface area contributed by atoms with E-state index < -0.39 is 144 Å². The van der Waals surface area contributed by atoms with Gasteiger partial charge in [-0.05, 0) is 31.3 Å². The number of benzene rings is 5. The minimum Gasteiger partial charge on any atom is -0.287 e. The molecule has 0 saturated carbocycles. The Morgan fingerprint density at radius 1 is 0.470 bits per heavy atom. The summed E-state index contributed by atoms with van der Waals surface area (Å²) in [6.07, 6.45) is 5.39. The molecule has 24 heteroatoms. The molecule has 1 aliphatic carbocycles. The van der Waals surface area contributed by atoms with Crippen LogP contribution in [0.25, 0.3) is 5.57 Å². The largest absolute Gasteiger partial charge is 0.287 e. The van der Waals surface area contributed by atoms with Gasteiger partial charge in [-0.1, -0.05) is 36.4 Å². The fourth-order valence-corrected chi connectivity index (χ4v) is 7.52. The molecule has 1 heterocycles. The maximum atomic E-state index is 15.4. The zero-order valence-corrected chi connectivity index (χ0v) is 32.2. The normalized spacial score (nSPS) is 12.8. The Labute approximate surface area is 356 Å². The molecule has 0 radical (unpaired) electrons. The van der Waals surface area contributed by atoms with Crippen LogP contribution >= 0.6 is 0 Å². The summed E-state index contributed by atoms with van der Waals surface area (Å²) in [4.78, 5) is 16.7. The van der Waals surface area contributed by atoms with E-state index in [1.807, 2.05) is 47.3 Å². The summed E-state index contributed by atoms with van der Waals surface area (Å²) in [6.45, 7) is 0.354. The third-order valence-corrected chi connectivity index (χ3v) is 10.5. The zero-order chi connectivity index (χ0) is 48.8. The van der Waals surface area contributed by atoms with Crippen LogP contribution in [0.5, 0.6) is 0 Å². The lowest BCUT2D eigenvalue weighted by molar-refractivity contribution is -0.683. The number of ketones is 1. The minimum absolute atomic E-state index is 0.121. The molecule has 0 atom stereocenters. The highest BCUT2D eigenvalue weighted by Gasteiger charge is 2.52. The highest BCUT2D eigenvalue weighted by atomic mass is 19.2. The molecule has 6 aromatic rings. The molecule has 0 N–H and O–H groups in total. The van der Waals surface area contributed by atoms with E-state index in [-0.39, 0.29) is 5.78 Å². The van der Waals surface area contributed by atoms with Crippen molar-refractivity contribution in [3.63, 3.8) is 0 Å². The molecule has 0 amide bonds. The maximum absolute atomic E-state index is 15.4. The van der Waals surface area contributed by atoms with Gasteiger partial charge in [0.25, 0.3) is 0 Å². The standard InChI is InChI=1S/C24BF20.C18H19N2O/c26-5-1(6(27)14(35)21(42)13(5)34)25(2-7(28)15(36)22(43)16(37)8(2)29,3-9(30)17(38)23(44)18(39)10(3)31)4-11(32)19(40)24(45)20(41)12(4)33;21-18(16-9-5-2-6-10-16)14-20-12-11-19-17(13-20)15-7-3-1-4-8-15/h;2,5-7,9-13H,1,3-4,8,14H2/q-1;+1. The molecule has 0 aliphatic heterocycles. The van der Waals surface area contributed by atoms with Crippen molar-refractivity contribution in [2.45, 2.75) is 32.2 Å². The van der Waals surface area contributed by atoms with Crippen molar-refractivity contribution in [2.75, 3.05) is 0 Å². The smallest absolute Gasteiger partial charge is 0.227 e. The van der Waals surface area contributed by atoms with E-state index >= 15 is 35.1 Å². The SMILES string of the molecule is Fc1c(F)c(F)c([B-](c2c(F)c(F)c(F)c(F)c2F)(c2c(F)c(F)c(F)c(F)c2F)c2c(F)c(F)c(F)c(F)c2F)c(F)c1F.O=C(C[n+]1ccnc(C2=CCCCC2)c1)c1ccccc1. The number of hydrogen-bond acceptors (Lipinski definition) is 2. The number of aromatic nitrogens is 2. The van der Waals surface area contributed by atoms with Gasteiger partial charge < -0.3 is 0 Å². The molecule has 7 rings (SSSR count). The summed E-state index contributed by atoms with van der Waals surface area (Å²) in [5.74, 6) is -71.3. The van der Waals surface area contributed by atoms with E-state index in [1.165, 1.54) is 18.4 Å². The Morgan fingerprint density at radius 3 is 1.12 bits per heavy atom. The predicted octanol–water partition coefficient (Wildman–Crippen LogP) is 9.06. The van der Waals surface area contributed by atoms with Gasteiger partial charge in [0.15, 0.2) is 82.2 Å². The summed E-state index contributed by atoms with van der Waals surface area (Å²) < 4.78 is 296. The Morgan fingerprint density at radius 2 is 0.803 bits per heavy atom. The van der Waals surface area contributed by atoms with Crippen LogP contribution in [0.1, 0.15) is 41.7 Å². The van der Waals surface area contributed by atoms with Crippen LogP contribution in [-0.2, 0) is 6.54 Å². The summed E-state index contributed by atoms with van der Waals surface area (Å²) in [5.41, 5.74) is -11.3. The first-order valence-electron chi connectivity index (χ1n) is 18.4. The average molecular weight is 958 g/mol. The van der Waals surface area contributed by atoms with Gasteiger partial charge in [-0.2, -0.15) is 4.57 Å². The number of hydrogen-bond donors (Lipinski definition) is 0. The lowest BCUT2D eigenvalue weighted by Crippen LogP contribution is -2.81. The van der Waals surface area contributed by atoms with E-state index in [4.69, 9.17) is 0 Å². The summed E-state index contributed by atoms with van der Waals surface area (Å²) in [6, 6.07) is 9.42. The highest BCUT2D eigenvalue weighted by molar-refractivity contribution is 7.20. The van der Waals surface area contributed by atoms with Crippen LogP contribution in [-0.4, -0.2) is 16.9 Å². The quantitative estimate of drug-likeness (QED) is 0.0382. The third-order valence-electron chi connectivity index (χ3n) is 10.5. The van der Waals surface area contributed by atoms with Crippen molar-refractivity contribution < 1.29 is 97.2 Å².